The van der Waals surface area contributed by atoms with E-state index in [-0.39, 0.29) is 11.7 Å². The Hall–Kier alpha value is -1.23. The van der Waals surface area contributed by atoms with Crippen molar-refractivity contribution in [3.63, 3.8) is 0 Å². The fourth-order valence-electron chi connectivity index (χ4n) is 2.14. The highest BCUT2D eigenvalue weighted by Gasteiger charge is 2.20. The number of rotatable bonds is 4. The van der Waals surface area contributed by atoms with Crippen molar-refractivity contribution in [2.45, 2.75) is 31.8 Å². The first-order valence-corrected chi connectivity index (χ1v) is 6.68. The van der Waals surface area contributed by atoms with Crippen LogP contribution in [-0.4, -0.2) is 24.3 Å². The Balaban J connectivity index is 2.28. The average molecular weight is 315 g/mol. The molecule has 0 aliphatic heterocycles. The summed E-state index contributed by atoms with van der Waals surface area (Å²) in [6, 6.07) is 3.15. The zero-order chi connectivity index (χ0) is 13.1. The van der Waals surface area contributed by atoms with Crippen molar-refractivity contribution in [3.05, 3.63) is 22.2 Å². The number of ether oxygens (including phenoxy) is 2. The molecule has 0 heterocycles. The number of carboxylic acids is 1. The van der Waals surface area contributed by atoms with Gasteiger partial charge in [0.05, 0.1) is 18.8 Å². The van der Waals surface area contributed by atoms with Crippen molar-refractivity contribution in [1.82, 2.24) is 0 Å². The molecule has 0 saturated heterocycles. The van der Waals surface area contributed by atoms with Gasteiger partial charge in [0, 0.05) is 4.47 Å². The van der Waals surface area contributed by atoms with Crippen molar-refractivity contribution in [1.29, 1.82) is 0 Å². The maximum Gasteiger partial charge on any atom is 0.336 e. The normalized spacial score (nSPS) is 15.7. The molecule has 0 atom stereocenters. The van der Waals surface area contributed by atoms with Crippen LogP contribution in [0.2, 0.25) is 0 Å². The van der Waals surface area contributed by atoms with E-state index in [1.807, 2.05) is 0 Å². The number of halogens is 1. The lowest BCUT2D eigenvalue weighted by Crippen LogP contribution is -2.12. The smallest absolute Gasteiger partial charge is 0.336 e. The van der Waals surface area contributed by atoms with Crippen LogP contribution in [0.5, 0.6) is 11.5 Å². The van der Waals surface area contributed by atoms with Crippen LogP contribution in [0.25, 0.3) is 0 Å². The summed E-state index contributed by atoms with van der Waals surface area (Å²) in [5.74, 6) is 0.0661. The number of carboxylic acid groups (broad SMARTS) is 1. The monoisotopic (exact) mass is 314 g/mol. The van der Waals surface area contributed by atoms with Crippen molar-refractivity contribution < 1.29 is 19.4 Å². The SMILES string of the molecule is COc1cc(C(=O)O)c(Br)cc1OC1CCCC1. The van der Waals surface area contributed by atoms with Gasteiger partial charge >= 0.3 is 5.97 Å². The molecule has 1 aliphatic carbocycles. The highest BCUT2D eigenvalue weighted by Crippen LogP contribution is 2.36. The lowest BCUT2D eigenvalue weighted by atomic mass is 10.2. The first kappa shape index (κ1) is 13.2. The zero-order valence-electron chi connectivity index (χ0n) is 10.1. The van der Waals surface area contributed by atoms with E-state index < -0.39 is 5.97 Å². The number of benzene rings is 1. The van der Waals surface area contributed by atoms with Crippen LogP contribution in [0, 0.1) is 0 Å². The summed E-state index contributed by atoms with van der Waals surface area (Å²) in [4.78, 5) is 11.0. The van der Waals surface area contributed by atoms with Gasteiger partial charge in [0.15, 0.2) is 11.5 Å². The Labute approximate surface area is 114 Å². The number of hydrogen-bond acceptors (Lipinski definition) is 3. The second-order valence-corrected chi connectivity index (χ2v) is 5.17. The molecule has 0 aromatic heterocycles. The van der Waals surface area contributed by atoms with Gasteiger partial charge in [-0.05, 0) is 53.7 Å². The minimum absolute atomic E-state index is 0.172. The zero-order valence-corrected chi connectivity index (χ0v) is 11.7. The summed E-state index contributed by atoms with van der Waals surface area (Å²) in [6.07, 6.45) is 4.66. The van der Waals surface area contributed by atoms with E-state index in [1.54, 1.807) is 6.07 Å². The molecule has 18 heavy (non-hydrogen) atoms. The molecule has 5 heteroatoms. The predicted molar refractivity (Wildman–Crippen MR) is 70.5 cm³/mol. The fraction of sp³-hybridized carbons (Fsp3) is 0.462. The van der Waals surface area contributed by atoms with Gasteiger partial charge in [-0.1, -0.05) is 0 Å². The Morgan fingerprint density at radius 1 is 1.33 bits per heavy atom. The maximum absolute atomic E-state index is 11.0. The standard InChI is InChI=1S/C13H15BrO4/c1-17-11-6-9(13(15)16)10(14)7-12(11)18-8-4-2-3-5-8/h6-8H,2-5H2,1H3,(H,15,16). The van der Waals surface area contributed by atoms with Gasteiger partial charge in [-0.2, -0.15) is 0 Å². The van der Waals surface area contributed by atoms with Crippen LogP contribution in [-0.2, 0) is 0 Å². The maximum atomic E-state index is 11.0. The molecule has 1 saturated carbocycles. The Morgan fingerprint density at radius 3 is 2.56 bits per heavy atom. The van der Waals surface area contributed by atoms with E-state index in [0.717, 1.165) is 12.8 Å². The molecule has 98 valence electrons. The number of hydrogen-bond donors (Lipinski definition) is 1. The van der Waals surface area contributed by atoms with Gasteiger partial charge in [0.25, 0.3) is 0 Å². The quantitative estimate of drug-likeness (QED) is 0.924. The third-order valence-electron chi connectivity index (χ3n) is 3.08. The molecular weight excluding hydrogens is 300 g/mol. The summed E-state index contributed by atoms with van der Waals surface area (Å²) in [6.45, 7) is 0. The topological polar surface area (TPSA) is 55.8 Å². The Kier molecular flexibility index (Phi) is 4.11. The van der Waals surface area contributed by atoms with Gasteiger partial charge in [-0.15, -0.1) is 0 Å². The second-order valence-electron chi connectivity index (χ2n) is 4.31. The van der Waals surface area contributed by atoms with Crippen LogP contribution in [0.1, 0.15) is 36.0 Å². The molecule has 0 amide bonds. The third kappa shape index (κ3) is 2.77. The number of aromatic carboxylic acids is 1. The number of carbonyl (C=O) groups is 1. The summed E-state index contributed by atoms with van der Waals surface area (Å²) in [5, 5.41) is 9.03. The van der Waals surface area contributed by atoms with Crippen molar-refractivity contribution in [3.8, 4) is 11.5 Å². The molecule has 2 rings (SSSR count). The van der Waals surface area contributed by atoms with Crippen molar-refractivity contribution in [2.24, 2.45) is 0 Å². The molecule has 4 nitrogen and oxygen atoms in total. The van der Waals surface area contributed by atoms with Crippen molar-refractivity contribution in [2.75, 3.05) is 7.11 Å². The Morgan fingerprint density at radius 2 is 2.00 bits per heavy atom. The molecule has 1 aromatic rings. The van der Waals surface area contributed by atoms with E-state index in [9.17, 15) is 4.79 Å². The first-order chi connectivity index (χ1) is 8.61. The molecule has 1 fully saturated rings. The molecule has 0 unspecified atom stereocenters. The highest BCUT2D eigenvalue weighted by molar-refractivity contribution is 9.10. The molecule has 1 aliphatic rings. The lowest BCUT2D eigenvalue weighted by Gasteiger charge is -2.16. The van der Waals surface area contributed by atoms with Gasteiger partial charge in [-0.25, -0.2) is 4.79 Å². The summed E-state index contributed by atoms with van der Waals surface area (Å²) < 4.78 is 11.6. The van der Waals surface area contributed by atoms with Crippen LogP contribution in [0.3, 0.4) is 0 Å². The third-order valence-corrected chi connectivity index (χ3v) is 3.74. The minimum atomic E-state index is -0.993. The van der Waals surface area contributed by atoms with E-state index in [1.165, 1.54) is 26.0 Å². The van der Waals surface area contributed by atoms with Crippen molar-refractivity contribution >= 4 is 21.9 Å². The highest BCUT2D eigenvalue weighted by atomic mass is 79.9. The molecule has 1 aromatic carbocycles. The van der Waals surface area contributed by atoms with Gasteiger partial charge in [0.2, 0.25) is 0 Å². The van der Waals surface area contributed by atoms with E-state index in [0.29, 0.717) is 16.0 Å². The summed E-state index contributed by atoms with van der Waals surface area (Å²) in [5.41, 5.74) is 0.172. The molecule has 1 N–H and O–H groups in total. The molecule has 0 bridgehead atoms. The second kappa shape index (κ2) is 5.61. The fourth-order valence-corrected chi connectivity index (χ4v) is 2.63. The van der Waals surface area contributed by atoms with E-state index >= 15 is 0 Å². The van der Waals surface area contributed by atoms with Gasteiger partial charge < -0.3 is 14.6 Å². The molecule has 0 radical (unpaired) electrons. The lowest BCUT2D eigenvalue weighted by molar-refractivity contribution is 0.0695. The van der Waals surface area contributed by atoms with Gasteiger partial charge in [0.1, 0.15) is 0 Å². The predicted octanol–water partition coefficient (Wildman–Crippen LogP) is 3.48. The first-order valence-electron chi connectivity index (χ1n) is 5.89. The molecule has 0 spiro atoms. The number of methoxy groups -OCH3 is 1. The summed E-state index contributed by atoms with van der Waals surface area (Å²) in [7, 11) is 1.51. The average Bonchev–Trinajstić information content (AvgIpc) is 2.81. The van der Waals surface area contributed by atoms with Crippen LogP contribution in [0.4, 0.5) is 0 Å². The van der Waals surface area contributed by atoms with E-state index in [2.05, 4.69) is 15.9 Å². The van der Waals surface area contributed by atoms with Crippen LogP contribution in [0.15, 0.2) is 16.6 Å². The minimum Gasteiger partial charge on any atom is -0.493 e. The largest absolute Gasteiger partial charge is 0.493 e. The van der Waals surface area contributed by atoms with Crippen LogP contribution >= 0.6 is 15.9 Å². The van der Waals surface area contributed by atoms with Crippen LogP contribution < -0.4 is 9.47 Å². The molecular formula is C13H15BrO4. The Bertz CT molecular complexity index is 453. The van der Waals surface area contributed by atoms with E-state index in [4.69, 9.17) is 14.6 Å². The van der Waals surface area contributed by atoms with Gasteiger partial charge in [-0.3, -0.25) is 0 Å². The summed E-state index contributed by atoms with van der Waals surface area (Å²) >= 11 is 3.24.